The van der Waals surface area contributed by atoms with Crippen LogP contribution >= 0.6 is 0 Å². The number of piperidine rings is 1. The van der Waals surface area contributed by atoms with Gasteiger partial charge >= 0.3 is 0 Å². The third-order valence-electron chi connectivity index (χ3n) is 3.29. The summed E-state index contributed by atoms with van der Waals surface area (Å²) < 4.78 is 0. The molecule has 2 aliphatic rings. The highest BCUT2D eigenvalue weighted by atomic mass is 15.2. The summed E-state index contributed by atoms with van der Waals surface area (Å²) >= 11 is 0. The first-order valence-electron chi connectivity index (χ1n) is 5.77. The fourth-order valence-corrected chi connectivity index (χ4v) is 2.19. The Kier molecular flexibility index (Phi) is 3.39. The number of hydrogen-bond acceptors (Lipinski definition) is 1. The SMILES string of the molecule is CC(C)N1CC2CC2(C)C1.CCC. The molecule has 0 bridgehead atoms. The monoisotopic (exact) mass is 183 g/mol. The van der Waals surface area contributed by atoms with Gasteiger partial charge in [-0.2, -0.15) is 0 Å². The van der Waals surface area contributed by atoms with Crippen LogP contribution in [0.2, 0.25) is 0 Å². The highest BCUT2D eigenvalue weighted by Gasteiger charge is 2.56. The van der Waals surface area contributed by atoms with Crippen LogP contribution < -0.4 is 0 Å². The molecule has 0 aromatic heterocycles. The van der Waals surface area contributed by atoms with E-state index in [1.165, 1.54) is 25.9 Å². The number of fused-ring (bicyclic) bond motifs is 1. The zero-order chi connectivity index (χ0) is 10.1. The van der Waals surface area contributed by atoms with E-state index in [0.717, 1.165) is 17.4 Å². The van der Waals surface area contributed by atoms with Crippen LogP contribution in [0.5, 0.6) is 0 Å². The summed E-state index contributed by atoms with van der Waals surface area (Å²) in [6, 6.07) is 0.768. The van der Waals surface area contributed by atoms with E-state index in [1.807, 2.05) is 0 Å². The molecule has 0 radical (unpaired) electrons. The molecule has 1 saturated heterocycles. The van der Waals surface area contributed by atoms with Gasteiger partial charge in [0, 0.05) is 19.1 Å². The second-order valence-electron chi connectivity index (χ2n) is 5.29. The first-order chi connectivity index (χ1) is 6.03. The van der Waals surface area contributed by atoms with Crippen LogP contribution in [0.25, 0.3) is 0 Å². The van der Waals surface area contributed by atoms with E-state index >= 15 is 0 Å². The summed E-state index contributed by atoms with van der Waals surface area (Å²) in [5.74, 6) is 1.05. The minimum atomic E-state index is 0.740. The van der Waals surface area contributed by atoms with Crippen LogP contribution in [0.1, 0.15) is 47.5 Å². The predicted molar refractivity (Wildman–Crippen MR) is 58.9 cm³/mol. The quantitative estimate of drug-likeness (QED) is 0.603. The summed E-state index contributed by atoms with van der Waals surface area (Å²) in [4.78, 5) is 2.61. The average Bonchev–Trinajstić information content (AvgIpc) is 2.52. The summed E-state index contributed by atoms with van der Waals surface area (Å²) in [6.45, 7) is 14.0. The Bertz CT molecular complexity index is 165. The Labute approximate surface area is 83.5 Å². The topological polar surface area (TPSA) is 3.24 Å². The van der Waals surface area contributed by atoms with E-state index in [1.54, 1.807) is 0 Å². The van der Waals surface area contributed by atoms with Crippen molar-refractivity contribution in [3.05, 3.63) is 0 Å². The molecule has 0 N–H and O–H groups in total. The lowest BCUT2D eigenvalue weighted by molar-refractivity contribution is 0.234. The van der Waals surface area contributed by atoms with Crippen LogP contribution in [0, 0.1) is 11.3 Å². The van der Waals surface area contributed by atoms with Crippen molar-refractivity contribution in [1.29, 1.82) is 0 Å². The summed E-state index contributed by atoms with van der Waals surface area (Å²) in [5, 5.41) is 0. The molecular formula is C12H25N. The maximum atomic E-state index is 2.61. The predicted octanol–water partition coefficient (Wildman–Crippen LogP) is 3.15. The molecule has 0 aromatic carbocycles. The highest BCUT2D eigenvalue weighted by molar-refractivity contribution is 5.07. The van der Waals surface area contributed by atoms with Gasteiger partial charge in [0.15, 0.2) is 0 Å². The zero-order valence-corrected chi connectivity index (χ0v) is 9.93. The van der Waals surface area contributed by atoms with Gasteiger partial charge in [0.05, 0.1) is 0 Å². The Morgan fingerprint density at radius 1 is 1.38 bits per heavy atom. The van der Waals surface area contributed by atoms with Gasteiger partial charge in [0.25, 0.3) is 0 Å². The van der Waals surface area contributed by atoms with Crippen molar-refractivity contribution in [3.63, 3.8) is 0 Å². The van der Waals surface area contributed by atoms with Crippen molar-refractivity contribution >= 4 is 0 Å². The molecule has 1 nitrogen and oxygen atoms in total. The lowest BCUT2D eigenvalue weighted by atomic mass is 10.1. The van der Waals surface area contributed by atoms with Crippen LogP contribution in [-0.2, 0) is 0 Å². The van der Waals surface area contributed by atoms with Crippen LogP contribution in [0.3, 0.4) is 0 Å². The van der Waals surface area contributed by atoms with Crippen molar-refractivity contribution in [1.82, 2.24) is 4.90 Å². The molecule has 1 saturated carbocycles. The lowest BCUT2D eigenvalue weighted by Gasteiger charge is -2.22. The second-order valence-corrected chi connectivity index (χ2v) is 5.29. The van der Waals surface area contributed by atoms with Gasteiger partial charge in [0.1, 0.15) is 0 Å². The van der Waals surface area contributed by atoms with Gasteiger partial charge in [-0.25, -0.2) is 0 Å². The van der Waals surface area contributed by atoms with E-state index in [4.69, 9.17) is 0 Å². The Morgan fingerprint density at radius 2 is 1.92 bits per heavy atom. The minimum Gasteiger partial charge on any atom is -0.300 e. The Balaban J connectivity index is 0.000000251. The minimum absolute atomic E-state index is 0.740. The van der Waals surface area contributed by atoms with Crippen molar-refractivity contribution in [2.45, 2.75) is 53.5 Å². The first kappa shape index (κ1) is 11.0. The van der Waals surface area contributed by atoms with Crippen molar-refractivity contribution in [2.24, 2.45) is 11.3 Å². The third-order valence-corrected chi connectivity index (χ3v) is 3.29. The summed E-state index contributed by atoms with van der Waals surface area (Å²) in [5.41, 5.74) is 0.740. The van der Waals surface area contributed by atoms with E-state index in [-0.39, 0.29) is 0 Å². The summed E-state index contributed by atoms with van der Waals surface area (Å²) in [7, 11) is 0. The molecule has 1 heteroatoms. The lowest BCUT2D eigenvalue weighted by Crippen LogP contribution is -2.31. The second kappa shape index (κ2) is 4.00. The van der Waals surface area contributed by atoms with Crippen LogP contribution in [0.15, 0.2) is 0 Å². The molecule has 2 fully saturated rings. The fraction of sp³-hybridized carbons (Fsp3) is 1.00. The largest absolute Gasteiger partial charge is 0.300 e. The third kappa shape index (κ3) is 2.46. The molecular weight excluding hydrogens is 158 g/mol. The Hall–Kier alpha value is -0.0400. The molecule has 78 valence electrons. The molecule has 2 unspecified atom stereocenters. The number of rotatable bonds is 1. The van der Waals surface area contributed by atoms with Crippen molar-refractivity contribution < 1.29 is 0 Å². The molecule has 13 heavy (non-hydrogen) atoms. The number of hydrogen-bond donors (Lipinski definition) is 0. The molecule has 0 amide bonds. The van der Waals surface area contributed by atoms with Gasteiger partial charge in [-0.3, -0.25) is 0 Å². The van der Waals surface area contributed by atoms with Gasteiger partial charge in [-0.15, -0.1) is 0 Å². The van der Waals surface area contributed by atoms with E-state index in [0.29, 0.717) is 0 Å². The fourth-order valence-electron chi connectivity index (χ4n) is 2.19. The van der Waals surface area contributed by atoms with Gasteiger partial charge in [-0.1, -0.05) is 27.2 Å². The van der Waals surface area contributed by atoms with Gasteiger partial charge in [0.2, 0.25) is 0 Å². The average molecular weight is 183 g/mol. The van der Waals surface area contributed by atoms with Crippen LogP contribution in [0.4, 0.5) is 0 Å². The zero-order valence-electron chi connectivity index (χ0n) is 9.93. The van der Waals surface area contributed by atoms with Gasteiger partial charge < -0.3 is 4.90 Å². The van der Waals surface area contributed by atoms with Crippen molar-refractivity contribution in [3.8, 4) is 0 Å². The normalized spacial score (nSPS) is 36.9. The van der Waals surface area contributed by atoms with E-state index in [9.17, 15) is 0 Å². The molecule has 1 heterocycles. The van der Waals surface area contributed by atoms with Crippen LogP contribution in [-0.4, -0.2) is 24.0 Å². The molecule has 0 spiro atoms. The summed E-state index contributed by atoms with van der Waals surface area (Å²) in [6.07, 6.45) is 2.75. The number of likely N-dealkylation sites (tertiary alicyclic amines) is 1. The molecule has 0 aromatic rings. The first-order valence-corrected chi connectivity index (χ1v) is 5.77. The van der Waals surface area contributed by atoms with E-state index < -0.39 is 0 Å². The molecule has 1 aliphatic carbocycles. The van der Waals surface area contributed by atoms with Crippen molar-refractivity contribution in [2.75, 3.05) is 13.1 Å². The Morgan fingerprint density at radius 3 is 2.15 bits per heavy atom. The molecule has 2 atom stereocenters. The highest BCUT2D eigenvalue weighted by Crippen LogP contribution is 2.57. The maximum absolute atomic E-state index is 2.61. The molecule has 1 aliphatic heterocycles. The smallest absolute Gasteiger partial charge is 0.00414 e. The van der Waals surface area contributed by atoms with Gasteiger partial charge in [-0.05, 0) is 31.6 Å². The standard InChI is InChI=1S/C9H17N.C3H8/c1-7(2)10-5-8-4-9(8,3)6-10;1-3-2/h7-8H,4-6H2,1-3H3;3H2,1-2H3. The molecule has 2 rings (SSSR count). The maximum Gasteiger partial charge on any atom is 0.00414 e. The number of nitrogens with zero attached hydrogens (tertiary/aromatic N) is 1. The van der Waals surface area contributed by atoms with E-state index in [2.05, 4.69) is 39.5 Å².